The molecule has 2 aliphatic heterocycles. The van der Waals surface area contributed by atoms with Crippen molar-refractivity contribution in [1.82, 2.24) is 0 Å². The first-order chi connectivity index (χ1) is 47.7. The molecule has 5 aromatic rings. The molecule has 0 saturated carbocycles. The molecule has 0 amide bonds. The first kappa shape index (κ1) is 86.8. The van der Waals surface area contributed by atoms with Gasteiger partial charge in [-0.25, -0.2) is 8.42 Å². The van der Waals surface area contributed by atoms with Gasteiger partial charge in [0.1, 0.15) is 11.9 Å². The van der Waals surface area contributed by atoms with Crippen LogP contribution in [0.5, 0.6) is 5.75 Å². The number of rotatable bonds is 33. The second-order valence-corrected chi connectivity index (χ2v) is 62.4. The second kappa shape index (κ2) is 34.6. The summed E-state index contributed by atoms with van der Waals surface area (Å²) >= 11 is 0. The third-order valence-corrected chi connectivity index (χ3v) is 49.5. The van der Waals surface area contributed by atoms with Gasteiger partial charge in [-0.1, -0.05) is 239 Å². The lowest BCUT2D eigenvalue weighted by atomic mass is 9.78. The molecule has 13 nitrogen and oxygen atoms in total. The van der Waals surface area contributed by atoms with E-state index in [1.54, 1.807) is 38.5 Å². The van der Waals surface area contributed by atoms with E-state index in [4.69, 9.17) is 50.6 Å². The minimum absolute atomic E-state index is 0.0289. The summed E-state index contributed by atoms with van der Waals surface area (Å²) in [6, 6.07) is 48.8. The van der Waals surface area contributed by atoms with E-state index in [-0.39, 0.29) is 74.3 Å². The molecule has 19 heteroatoms. The molecule has 0 bridgehead atoms. The van der Waals surface area contributed by atoms with Crippen molar-refractivity contribution in [2.24, 2.45) is 11.8 Å². The number of hydrogen-bond acceptors (Lipinski definition) is 13. The van der Waals surface area contributed by atoms with E-state index in [0.717, 1.165) is 29.7 Å². The van der Waals surface area contributed by atoms with Crippen molar-refractivity contribution < 1.29 is 59.0 Å². The number of methoxy groups -OCH3 is 2. The SMILES string of the molecule is COc1ccc(COC[C@H](CC(C[C@H]2O[C@@H]([C@H](O[Si](C)(C)C(C)(C)C)[C@@]3(OC)C[C@H](O[Si](C)(C)C(C)(C)C)[C@@H](C)[C@@H](CCCCO[Si](c4ccccc4)(c4ccccc4)C(C)(C)C)O3)[C@H](C)[C@@H](OCc3ccccc3)[C@@H]2O[Si](C)(C)C(C)(C)C)S(=O)(=O)c2ccccc2)O[Si](C)(C)C(C)(C)C)cc1. The summed E-state index contributed by atoms with van der Waals surface area (Å²) in [5.41, 5.74) is 1.96. The smallest absolute Gasteiger partial charge is 0.261 e. The Bertz CT molecular complexity index is 3450. The number of hydrogen-bond donors (Lipinski definition) is 0. The molecule has 2 aliphatic rings. The fourth-order valence-corrected chi connectivity index (χ4v) is 25.5. The van der Waals surface area contributed by atoms with Crippen molar-refractivity contribution in [1.29, 1.82) is 0 Å². The normalized spacial score (nSPS) is 23.4. The summed E-state index contributed by atoms with van der Waals surface area (Å²) < 4.78 is 115. The van der Waals surface area contributed by atoms with Gasteiger partial charge < -0.3 is 50.6 Å². The number of ether oxygens (including phenoxy) is 6. The predicted octanol–water partition coefficient (Wildman–Crippen LogP) is 19.9. The van der Waals surface area contributed by atoms with Gasteiger partial charge in [0.2, 0.25) is 0 Å². The van der Waals surface area contributed by atoms with Gasteiger partial charge in [-0.3, -0.25) is 0 Å². The molecule has 0 N–H and O–H groups in total. The maximum Gasteiger partial charge on any atom is 0.261 e. The van der Waals surface area contributed by atoms with Crippen molar-refractivity contribution in [3.05, 3.63) is 157 Å². The quantitative estimate of drug-likeness (QED) is 0.0291. The highest BCUT2D eigenvalue weighted by molar-refractivity contribution is 7.92. The zero-order valence-electron chi connectivity index (χ0n) is 68.5. The van der Waals surface area contributed by atoms with Gasteiger partial charge >= 0.3 is 0 Å². The van der Waals surface area contributed by atoms with Gasteiger partial charge in [0.15, 0.2) is 48.9 Å². The number of unbranched alkanes of at least 4 members (excludes halogenated alkanes) is 1. The molecule has 1 unspecified atom stereocenters. The molecule has 0 radical (unpaired) electrons. The average Bonchev–Trinajstić information content (AvgIpc) is 0.737. The van der Waals surface area contributed by atoms with Crippen LogP contribution < -0.4 is 15.1 Å². The lowest BCUT2D eigenvalue weighted by Gasteiger charge is -2.58. The van der Waals surface area contributed by atoms with Crippen molar-refractivity contribution in [3.63, 3.8) is 0 Å². The van der Waals surface area contributed by atoms with E-state index in [0.29, 0.717) is 26.1 Å². The van der Waals surface area contributed by atoms with Crippen LogP contribution in [0.25, 0.3) is 0 Å². The van der Waals surface area contributed by atoms with E-state index in [1.165, 1.54) is 10.4 Å². The lowest BCUT2D eigenvalue weighted by Crippen LogP contribution is -2.70. The zero-order chi connectivity index (χ0) is 76.6. The van der Waals surface area contributed by atoms with Gasteiger partial charge in [-0.05, 0) is 155 Å². The van der Waals surface area contributed by atoms with Gasteiger partial charge in [0, 0.05) is 32.0 Å². The maximum atomic E-state index is 16.3. The Morgan fingerprint density at radius 2 is 1.02 bits per heavy atom. The van der Waals surface area contributed by atoms with Gasteiger partial charge in [-0.2, -0.15) is 0 Å². The number of sulfone groups is 1. The van der Waals surface area contributed by atoms with Crippen molar-refractivity contribution in [3.8, 4) is 5.75 Å². The standard InChI is InChI=1S/C84H136O13SSi5/c1-62-72(50-40-41-55-91-103(83(15,16)17,70-46-36-30-37-47-70)71-48-38-31-39-49-71)93-84(88-19,58-74(62)95-100(22,23)80(6,7)8)78(97-102(26,27)82(12,13)14)76-63(2)75(90-60-64-42-32-28-33-43-64)77(96-101(24,25)81(9,10)11)73(92-76)57-69(98(85,86)68-44-34-29-35-45-68)56-67(94-99(20,21)79(3,4)5)61-89-59-65-51-53-66(87-18)54-52-65/h28-39,42-49,51-54,62-63,67,69,72-78H,40-41,50,55-61H2,1-27H3/t62-,63+,67-,69?,72+,73+,74-,75+,76+,77+,78-,84+/m0/s1. The molecular formula is C84H136O13SSi5. The summed E-state index contributed by atoms with van der Waals surface area (Å²) in [5.74, 6) is -1.19. The molecule has 103 heavy (non-hydrogen) atoms. The monoisotopic (exact) mass is 1520 g/mol. The van der Waals surface area contributed by atoms with Crippen LogP contribution in [0.3, 0.4) is 0 Å². The first-order valence-electron chi connectivity index (χ1n) is 38.2. The molecule has 2 saturated heterocycles. The minimum Gasteiger partial charge on any atom is -0.497 e. The molecule has 576 valence electrons. The molecular weight excluding hydrogens is 1390 g/mol. The highest BCUT2D eigenvalue weighted by Gasteiger charge is 2.62. The van der Waals surface area contributed by atoms with Gasteiger partial charge in [0.25, 0.3) is 8.32 Å². The Hall–Kier alpha value is -3.47. The molecule has 12 atom stereocenters. The van der Waals surface area contributed by atoms with E-state index in [9.17, 15) is 0 Å². The summed E-state index contributed by atoms with van der Waals surface area (Å²) in [5, 5.41) is 0.401. The fraction of sp³-hybridized carbons (Fsp3) is 0.643. The molecule has 5 aromatic carbocycles. The fourth-order valence-electron chi connectivity index (χ4n) is 13.7. The Labute approximate surface area is 630 Å². The molecule has 0 aliphatic carbocycles. The van der Waals surface area contributed by atoms with Crippen LogP contribution in [0.2, 0.25) is 77.6 Å². The van der Waals surface area contributed by atoms with Crippen LogP contribution in [0.4, 0.5) is 0 Å². The van der Waals surface area contributed by atoms with E-state index >= 15 is 8.42 Å². The molecule has 2 heterocycles. The molecule has 0 spiro atoms. The summed E-state index contributed by atoms with van der Waals surface area (Å²) in [4.78, 5) is 0.222. The Morgan fingerprint density at radius 3 is 1.51 bits per heavy atom. The highest BCUT2D eigenvalue weighted by atomic mass is 32.2. The zero-order valence-corrected chi connectivity index (χ0v) is 74.3. The third kappa shape index (κ3) is 21.1. The van der Waals surface area contributed by atoms with Crippen LogP contribution in [-0.2, 0) is 68.9 Å². The number of benzene rings is 5. The van der Waals surface area contributed by atoms with Crippen LogP contribution in [0.15, 0.2) is 150 Å². The van der Waals surface area contributed by atoms with Crippen LogP contribution in [0, 0.1) is 11.8 Å². The minimum atomic E-state index is -4.18. The molecule has 0 aromatic heterocycles. The molecule has 2 fully saturated rings. The average molecular weight is 1530 g/mol. The molecule has 7 rings (SSSR count). The second-order valence-electron chi connectivity index (χ2n) is 36.9. The largest absolute Gasteiger partial charge is 0.497 e. The van der Waals surface area contributed by atoms with E-state index in [2.05, 4.69) is 243 Å². The summed E-state index contributed by atoms with van der Waals surface area (Å²) in [7, 11) is -14.3. The van der Waals surface area contributed by atoms with Crippen LogP contribution >= 0.6 is 0 Å². The van der Waals surface area contributed by atoms with Gasteiger partial charge in [-0.15, -0.1) is 0 Å². The Kier molecular flexibility index (Phi) is 29.2. The summed E-state index contributed by atoms with van der Waals surface area (Å²) in [6.07, 6.45) is -2.46. The van der Waals surface area contributed by atoms with Crippen molar-refractivity contribution >= 4 is 61.8 Å². The van der Waals surface area contributed by atoms with Crippen LogP contribution in [-0.4, -0.2) is 137 Å². The highest BCUT2D eigenvalue weighted by Crippen LogP contribution is 2.52. The van der Waals surface area contributed by atoms with Crippen molar-refractivity contribution in [2.75, 3.05) is 27.4 Å². The predicted molar refractivity (Wildman–Crippen MR) is 436 cm³/mol. The third-order valence-electron chi connectivity index (χ3n) is 24.3. The topological polar surface area (TPSA) is 136 Å². The first-order valence-corrected chi connectivity index (χ1v) is 53.3. The van der Waals surface area contributed by atoms with E-state index in [1.807, 2.05) is 48.5 Å². The summed E-state index contributed by atoms with van der Waals surface area (Å²) in [6.45, 7) is 58.1. The maximum absolute atomic E-state index is 16.3. The van der Waals surface area contributed by atoms with Crippen LogP contribution in [0.1, 0.15) is 167 Å². The van der Waals surface area contributed by atoms with Crippen molar-refractivity contribution in [2.45, 2.75) is 312 Å². The Balaban J connectivity index is 1.42. The van der Waals surface area contributed by atoms with E-state index < -0.39 is 105 Å². The lowest BCUT2D eigenvalue weighted by molar-refractivity contribution is -0.355. The Morgan fingerprint density at radius 1 is 0.534 bits per heavy atom. The van der Waals surface area contributed by atoms with Gasteiger partial charge in [0.05, 0.1) is 79.8 Å².